The Morgan fingerprint density at radius 3 is 2.78 bits per heavy atom. The Morgan fingerprint density at radius 2 is 2.13 bits per heavy atom. The van der Waals surface area contributed by atoms with Crippen molar-refractivity contribution in [1.82, 2.24) is 15.2 Å². The lowest BCUT2D eigenvalue weighted by atomic mass is 10.1. The summed E-state index contributed by atoms with van der Waals surface area (Å²) in [5.74, 6) is 0.106. The molecule has 6 heteroatoms. The summed E-state index contributed by atoms with van der Waals surface area (Å²) in [6.07, 6.45) is 4.59. The summed E-state index contributed by atoms with van der Waals surface area (Å²) in [5, 5.41) is 2.98. The summed E-state index contributed by atoms with van der Waals surface area (Å²) in [7, 11) is 1.68. The second-order valence-corrected chi connectivity index (χ2v) is 6.00. The van der Waals surface area contributed by atoms with Crippen molar-refractivity contribution in [3.05, 3.63) is 24.0 Å². The van der Waals surface area contributed by atoms with Gasteiger partial charge >= 0.3 is 0 Å². The molecule has 1 fully saturated rings. The SMILES string of the molecule is COCCCNC(=O)[C@@H](C)N1CCN(c2ccncc2C)CC1. The average Bonchev–Trinajstić information content (AvgIpc) is 2.58. The number of carbonyl (C=O) groups excluding carboxylic acids is 1. The number of ether oxygens (including phenoxy) is 1. The summed E-state index contributed by atoms with van der Waals surface area (Å²) in [6.45, 7) is 9.09. The van der Waals surface area contributed by atoms with Crippen molar-refractivity contribution in [2.24, 2.45) is 0 Å². The van der Waals surface area contributed by atoms with Crippen LogP contribution in [-0.2, 0) is 9.53 Å². The quantitative estimate of drug-likeness (QED) is 0.761. The fraction of sp³-hybridized carbons (Fsp3) is 0.647. The van der Waals surface area contributed by atoms with E-state index in [4.69, 9.17) is 4.74 Å². The first kappa shape index (κ1) is 17.7. The van der Waals surface area contributed by atoms with Crippen LogP contribution < -0.4 is 10.2 Å². The molecule has 1 aliphatic heterocycles. The third-order valence-corrected chi connectivity index (χ3v) is 4.40. The van der Waals surface area contributed by atoms with E-state index in [1.807, 2.05) is 19.3 Å². The number of anilines is 1. The van der Waals surface area contributed by atoms with Gasteiger partial charge in [-0.2, -0.15) is 0 Å². The lowest BCUT2D eigenvalue weighted by Gasteiger charge is -2.39. The number of aryl methyl sites for hydroxylation is 1. The number of aromatic nitrogens is 1. The van der Waals surface area contributed by atoms with E-state index in [2.05, 4.69) is 33.1 Å². The minimum absolute atomic E-state index is 0.0850. The maximum atomic E-state index is 12.2. The highest BCUT2D eigenvalue weighted by Crippen LogP contribution is 2.20. The molecule has 0 aliphatic carbocycles. The van der Waals surface area contributed by atoms with Crippen LogP contribution in [-0.4, -0.2) is 68.3 Å². The smallest absolute Gasteiger partial charge is 0.237 e. The molecule has 0 saturated carbocycles. The number of hydrogen-bond donors (Lipinski definition) is 1. The Kier molecular flexibility index (Phi) is 6.80. The molecule has 1 saturated heterocycles. The molecule has 2 rings (SSSR count). The van der Waals surface area contributed by atoms with Crippen LogP contribution in [0.3, 0.4) is 0 Å². The van der Waals surface area contributed by atoms with Gasteiger partial charge in [0, 0.05) is 64.5 Å². The second-order valence-electron chi connectivity index (χ2n) is 6.00. The zero-order valence-corrected chi connectivity index (χ0v) is 14.4. The first-order chi connectivity index (χ1) is 11.1. The van der Waals surface area contributed by atoms with Crippen molar-refractivity contribution in [1.29, 1.82) is 0 Å². The van der Waals surface area contributed by atoms with Crippen LogP contribution in [0.1, 0.15) is 18.9 Å². The van der Waals surface area contributed by atoms with Crippen molar-refractivity contribution in [3.63, 3.8) is 0 Å². The summed E-state index contributed by atoms with van der Waals surface area (Å²) < 4.78 is 4.99. The van der Waals surface area contributed by atoms with Gasteiger partial charge in [0.25, 0.3) is 0 Å². The van der Waals surface area contributed by atoms with Crippen molar-refractivity contribution in [3.8, 4) is 0 Å². The molecule has 6 nitrogen and oxygen atoms in total. The zero-order chi connectivity index (χ0) is 16.7. The number of nitrogens with one attached hydrogen (secondary N) is 1. The molecule has 23 heavy (non-hydrogen) atoms. The fourth-order valence-corrected chi connectivity index (χ4v) is 2.91. The van der Waals surface area contributed by atoms with E-state index in [0.717, 1.165) is 32.6 Å². The van der Waals surface area contributed by atoms with Crippen molar-refractivity contribution in [2.45, 2.75) is 26.3 Å². The lowest BCUT2D eigenvalue weighted by molar-refractivity contribution is -0.126. The molecule has 1 aromatic rings. The third-order valence-electron chi connectivity index (χ3n) is 4.40. The summed E-state index contributed by atoms with van der Waals surface area (Å²) >= 11 is 0. The Morgan fingerprint density at radius 1 is 1.39 bits per heavy atom. The molecule has 128 valence electrons. The van der Waals surface area contributed by atoms with E-state index in [0.29, 0.717) is 13.2 Å². The van der Waals surface area contributed by atoms with E-state index < -0.39 is 0 Å². The topological polar surface area (TPSA) is 57.7 Å². The van der Waals surface area contributed by atoms with Gasteiger partial charge in [-0.15, -0.1) is 0 Å². The highest BCUT2D eigenvalue weighted by molar-refractivity contribution is 5.81. The highest BCUT2D eigenvalue weighted by atomic mass is 16.5. The van der Waals surface area contributed by atoms with Gasteiger partial charge in [0.2, 0.25) is 5.91 Å². The molecule has 1 atom stereocenters. The summed E-state index contributed by atoms with van der Waals surface area (Å²) in [4.78, 5) is 21.0. The van der Waals surface area contributed by atoms with Crippen molar-refractivity contribution in [2.75, 3.05) is 51.3 Å². The van der Waals surface area contributed by atoms with Gasteiger partial charge in [-0.3, -0.25) is 14.7 Å². The van der Waals surface area contributed by atoms with Crippen LogP contribution in [0.15, 0.2) is 18.5 Å². The largest absolute Gasteiger partial charge is 0.385 e. The number of piperazine rings is 1. The maximum Gasteiger partial charge on any atom is 0.237 e. The fourth-order valence-electron chi connectivity index (χ4n) is 2.91. The molecule has 0 unspecified atom stereocenters. The van der Waals surface area contributed by atoms with Gasteiger partial charge in [-0.25, -0.2) is 0 Å². The zero-order valence-electron chi connectivity index (χ0n) is 14.4. The van der Waals surface area contributed by atoms with E-state index >= 15 is 0 Å². The van der Waals surface area contributed by atoms with E-state index in [1.54, 1.807) is 7.11 Å². The number of hydrogen-bond acceptors (Lipinski definition) is 5. The van der Waals surface area contributed by atoms with Crippen LogP contribution >= 0.6 is 0 Å². The summed E-state index contributed by atoms with van der Waals surface area (Å²) in [5.41, 5.74) is 2.45. The number of methoxy groups -OCH3 is 1. The Bertz CT molecular complexity index is 501. The molecule has 0 bridgehead atoms. The number of rotatable bonds is 7. The Labute approximate surface area is 138 Å². The van der Waals surface area contributed by atoms with Crippen LogP contribution in [0.25, 0.3) is 0 Å². The Hall–Kier alpha value is -1.66. The second kappa shape index (κ2) is 8.84. The number of nitrogens with zero attached hydrogens (tertiary/aromatic N) is 3. The van der Waals surface area contributed by atoms with Crippen LogP contribution in [0.2, 0.25) is 0 Å². The van der Waals surface area contributed by atoms with E-state index in [-0.39, 0.29) is 11.9 Å². The summed E-state index contributed by atoms with van der Waals surface area (Å²) in [6, 6.07) is 1.98. The first-order valence-electron chi connectivity index (χ1n) is 8.29. The maximum absolute atomic E-state index is 12.2. The molecular formula is C17H28N4O2. The van der Waals surface area contributed by atoms with Gasteiger partial charge in [-0.1, -0.05) is 0 Å². The van der Waals surface area contributed by atoms with Gasteiger partial charge in [0.1, 0.15) is 0 Å². The molecule has 0 spiro atoms. The third kappa shape index (κ3) is 4.91. The van der Waals surface area contributed by atoms with Gasteiger partial charge < -0.3 is 15.0 Å². The molecule has 2 heterocycles. The van der Waals surface area contributed by atoms with Gasteiger partial charge in [0.05, 0.1) is 6.04 Å². The van der Waals surface area contributed by atoms with Crippen LogP contribution in [0.4, 0.5) is 5.69 Å². The van der Waals surface area contributed by atoms with Crippen molar-refractivity contribution >= 4 is 11.6 Å². The van der Waals surface area contributed by atoms with Crippen LogP contribution in [0, 0.1) is 6.92 Å². The molecule has 1 N–H and O–H groups in total. The number of pyridine rings is 1. The predicted octanol–water partition coefficient (Wildman–Crippen LogP) is 1.05. The minimum Gasteiger partial charge on any atom is -0.385 e. The Balaban J connectivity index is 1.79. The molecule has 1 aliphatic rings. The standard InChI is InChI=1S/C17H28N4O2/c1-14-13-18-7-5-16(14)21-10-8-20(9-11-21)15(2)17(22)19-6-4-12-23-3/h5,7,13,15H,4,6,8-12H2,1-3H3,(H,19,22)/t15-/m1/s1. The van der Waals surface area contributed by atoms with E-state index in [9.17, 15) is 4.79 Å². The van der Waals surface area contributed by atoms with Gasteiger partial charge in [0.15, 0.2) is 0 Å². The normalized spacial score (nSPS) is 17.1. The molecule has 0 aromatic carbocycles. The number of carbonyl (C=O) groups is 1. The average molecular weight is 320 g/mol. The van der Waals surface area contributed by atoms with Gasteiger partial charge in [-0.05, 0) is 31.9 Å². The number of amides is 1. The van der Waals surface area contributed by atoms with Crippen molar-refractivity contribution < 1.29 is 9.53 Å². The first-order valence-corrected chi connectivity index (χ1v) is 8.29. The molecule has 1 amide bonds. The molecule has 0 radical (unpaired) electrons. The monoisotopic (exact) mass is 320 g/mol. The highest BCUT2D eigenvalue weighted by Gasteiger charge is 2.25. The predicted molar refractivity (Wildman–Crippen MR) is 91.7 cm³/mol. The van der Waals surface area contributed by atoms with Crippen LogP contribution in [0.5, 0.6) is 0 Å². The van der Waals surface area contributed by atoms with E-state index in [1.165, 1.54) is 11.3 Å². The lowest BCUT2D eigenvalue weighted by Crippen LogP contribution is -2.54. The molecular weight excluding hydrogens is 292 g/mol. The minimum atomic E-state index is -0.0850. The molecule has 1 aromatic heterocycles.